The topological polar surface area (TPSA) is 49.7 Å². The molecule has 1 unspecified atom stereocenters. The molecule has 0 aromatic rings. The van der Waals surface area contributed by atoms with E-state index in [2.05, 4.69) is 42.5 Å². The van der Waals surface area contributed by atoms with Crippen LogP contribution in [-0.2, 0) is 9.47 Å². The second-order valence-corrected chi connectivity index (χ2v) is 5.69. The van der Waals surface area contributed by atoms with E-state index in [1.165, 1.54) is 0 Å². The average Bonchev–Trinajstić information content (AvgIpc) is 3.19. The molecule has 126 valence electrons. The lowest BCUT2D eigenvalue weighted by Crippen LogP contribution is -2.54. The minimum atomic E-state index is -0.574. The van der Waals surface area contributed by atoms with Gasteiger partial charge >= 0.3 is 0 Å². The van der Waals surface area contributed by atoms with Crippen LogP contribution < -0.4 is 0 Å². The molecule has 0 aliphatic carbocycles. The van der Waals surface area contributed by atoms with Gasteiger partial charge in [0.15, 0.2) is 0 Å². The molecule has 0 N–H and O–H groups in total. The van der Waals surface area contributed by atoms with Crippen LogP contribution in [-0.4, -0.2) is 73.3 Å². The smallest absolute Gasteiger partial charge is 0.290 e. The highest BCUT2D eigenvalue weighted by Crippen LogP contribution is 2.29. The third kappa shape index (κ3) is 3.21. The van der Waals surface area contributed by atoms with E-state index in [0.29, 0.717) is 13.2 Å². The zero-order valence-electron chi connectivity index (χ0n) is 14.5. The van der Waals surface area contributed by atoms with E-state index in [-0.39, 0.29) is 0 Å². The molecule has 0 fully saturated rings. The highest BCUT2D eigenvalue weighted by Gasteiger charge is 2.49. The zero-order valence-corrected chi connectivity index (χ0v) is 14.5. The second-order valence-electron chi connectivity index (χ2n) is 5.69. The Labute approximate surface area is 134 Å². The van der Waals surface area contributed by atoms with Crippen molar-refractivity contribution in [2.24, 2.45) is 9.98 Å². The lowest BCUT2D eigenvalue weighted by atomic mass is 10.1. The first-order valence-corrected chi connectivity index (χ1v) is 8.62. The summed E-state index contributed by atoms with van der Waals surface area (Å²) in [6.07, 6.45) is 2.16. The fourth-order valence-corrected chi connectivity index (χ4v) is 3.12. The number of nitrogens with zero attached hydrogens (tertiary/aromatic N) is 4. The maximum atomic E-state index is 6.01. The van der Waals surface area contributed by atoms with E-state index < -0.39 is 5.66 Å². The van der Waals surface area contributed by atoms with Crippen molar-refractivity contribution in [3.63, 3.8) is 0 Å². The first-order chi connectivity index (χ1) is 10.7. The van der Waals surface area contributed by atoms with Crippen LogP contribution in [0.15, 0.2) is 9.98 Å². The van der Waals surface area contributed by atoms with Gasteiger partial charge in [0.1, 0.15) is 13.2 Å². The fraction of sp³-hybridized carbons (Fsp3) is 0.875. The Morgan fingerprint density at radius 1 is 1.05 bits per heavy atom. The minimum Gasteiger partial charge on any atom is -0.476 e. The molecular weight excluding hydrogens is 280 g/mol. The molecule has 22 heavy (non-hydrogen) atoms. The third-order valence-corrected chi connectivity index (χ3v) is 4.16. The van der Waals surface area contributed by atoms with E-state index in [4.69, 9.17) is 14.5 Å². The SMILES string of the molecule is CCCN(CCC)C1=NC(C2=NCCO2)(N(CC)CC)CO1. The number of amidine groups is 1. The Morgan fingerprint density at radius 2 is 1.73 bits per heavy atom. The van der Waals surface area contributed by atoms with Gasteiger partial charge in [-0.25, -0.2) is 4.99 Å². The first-order valence-electron chi connectivity index (χ1n) is 8.62. The maximum Gasteiger partial charge on any atom is 0.290 e. The predicted molar refractivity (Wildman–Crippen MR) is 89.4 cm³/mol. The highest BCUT2D eigenvalue weighted by atomic mass is 16.5. The summed E-state index contributed by atoms with van der Waals surface area (Å²) in [5.41, 5.74) is -0.574. The van der Waals surface area contributed by atoms with Crippen molar-refractivity contribution in [2.45, 2.75) is 46.2 Å². The summed E-state index contributed by atoms with van der Waals surface area (Å²) in [6, 6.07) is 0.744. The molecule has 6 nitrogen and oxygen atoms in total. The Kier molecular flexibility index (Phi) is 6.06. The second kappa shape index (κ2) is 7.81. The van der Waals surface area contributed by atoms with Crippen molar-refractivity contribution in [3.05, 3.63) is 0 Å². The number of hydrogen-bond acceptors (Lipinski definition) is 6. The van der Waals surface area contributed by atoms with Crippen molar-refractivity contribution < 1.29 is 9.47 Å². The quantitative estimate of drug-likeness (QED) is 0.688. The standard InChI is InChI=1S/C16H30N4O2/c1-5-10-19(11-6-2)15-18-16(13-22-15,20(7-3)8-4)14-17-9-12-21-14/h5-13H2,1-4H3. The molecule has 2 aliphatic heterocycles. The molecule has 2 aliphatic rings. The monoisotopic (exact) mass is 310 g/mol. The van der Waals surface area contributed by atoms with Crippen molar-refractivity contribution in [1.82, 2.24) is 9.80 Å². The van der Waals surface area contributed by atoms with Crippen molar-refractivity contribution in [3.8, 4) is 0 Å². The Bertz CT molecular complexity index is 414. The predicted octanol–water partition coefficient (Wildman–Crippen LogP) is 1.96. The van der Waals surface area contributed by atoms with Gasteiger partial charge in [-0.05, 0) is 25.9 Å². The van der Waals surface area contributed by atoms with Crippen molar-refractivity contribution in [2.75, 3.05) is 45.9 Å². The van der Waals surface area contributed by atoms with Crippen molar-refractivity contribution >= 4 is 11.9 Å². The van der Waals surface area contributed by atoms with Crippen LogP contribution in [0.2, 0.25) is 0 Å². The van der Waals surface area contributed by atoms with Crippen LogP contribution in [0.25, 0.3) is 0 Å². The van der Waals surface area contributed by atoms with E-state index in [0.717, 1.165) is 57.5 Å². The average molecular weight is 310 g/mol. The molecule has 1 atom stereocenters. The fourth-order valence-electron chi connectivity index (χ4n) is 3.12. The summed E-state index contributed by atoms with van der Waals surface area (Å²) in [6.45, 7) is 14.2. The lowest BCUT2D eigenvalue weighted by Gasteiger charge is -2.34. The minimum absolute atomic E-state index is 0.493. The highest BCUT2D eigenvalue weighted by molar-refractivity contribution is 5.92. The molecule has 0 spiro atoms. The van der Waals surface area contributed by atoms with Gasteiger partial charge < -0.3 is 14.4 Å². The number of aliphatic imine (C=N–C) groups is 2. The van der Waals surface area contributed by atoms with E-state index in [9.17, 15) is 0 Å². The lowest BCUT2D eigenvalue weighted by molar-refractivity contribution is 0.104. The van der Waals surface area contributed by atoms with Gasteiger partial charge in [-0.2, -0.15) is 4.99 Å². The van der Waals surface area contributed by atoms with Crippen LogP contribution in [0.3, 0.4) is 0 Å². The van der Waals surface area contributed by atoms with Crippen molar-refractivity contribution in [1.29, 1.82) is 0 Å². The molecule has 0 aromatic heterocycles. The summed E-state index contributed by atoms with van der Waals surface area (Å²) >= 11 is 0. The normalized spacial score (nSPS) is 24.0. The van der Waals surface area contributed by atoms with Gasteiger partial charge in [0.2, 0.25) is 11.6 Å². The molecule has 0 amide bonds. The van der Waals surface area contributed by atoms with Gasteiger partial charge in [0, 0.05) is 13.1 Å². The molecule has 2 heterocycles. The van der Waals surface area contributed by atoms with Gasteiger partial charge in [-0.3, -0.25) is 4.90 Å². The number of hydrogen-bond donors (Lipinski definition) is 0. The van der Waals surface area contributed by atoms with Crippen LogP contribution in [0.1, 0.15) is 40.5 Å². The Balaban J connectivity index is 2.30. The summed E-state index contributed by atoms with van der Waals surface area (Å²) < 4.78 is 11.8. The molecule has 0 aromatic carbocycles. The van der Waals surface area contributed by atoms with Crippen LogP contribution in [0, 0.1) is 0 Å². The first kappa shape index (κ1) is 17.1. The molecule has 6 heteroatoms. The van der Waals surface area contributed by atoms with Crippen LogP contribution in [0.5, 0.6) is 0 Å². The van der Waals surface area contributed by atoms with Crippen LogP contribution in [0.4, 0.5) is 0 Å². The van der Waals surface area contributed by atoms with E-state index >= 15 is 0 Å². The molecule has 0 saturated heterocycles. The molecule has 0 radical (unpaired) electrons. The van der Waals surface area contributed by atoms with Gasteiger partial charge in [0.25, 0.3) is 6.02 Å². The van der Waals surface area contributed by atoms with Crippen LogP contribution >= 0.6 is 0 Å². The Morgan fingerprint density at radius 3 is 2.23 bits per heavy atom. The largest absolute Gasteiger partial charge is 0.476 e. The van der Waals surface area contributed by atoms with Gasteiger partial charge in [-0.1, -0.05) is 27.7 Å². The zero-order chi connectivity index (χ0) is 16.0. The maximum absolute atomic E-state index is 6.01. The van der Waals surface area contributed by atoms with Gasteiger partial charge in [0.05, 0.1) is 6.54 Å². The summed E-state index contributed by atoms with van der Waals surface area (Å²) in [5, 5.41) is 0. The van der Waals surface area contributed by atoms with E-state index in [1.54, 1.807) is 0 Å². The molecule has 0 bridgehead atoms. The number of rotatable bonds is 8. The molecule has 0 saturated carbocycles. The molecular formula is C16H30N4O2. The van der Waals surface area contributed by atoms with E-state index in [1.807, 2.05) is 0 Å². The molecule has 2 rings (SSSR count). The van der Waals surface area contributed by atoms with Gasteiger partial charge in [-0.15, -0.1) is 0 Å². The summed E-state index contributed by atoms with van der Waals surface area (Å²) in [5.74, 6) is 0.721. The number of likely N-dealkylation sites (N-methyl/N-ethyl adjacent to an activating group) is 1. The Hall–Kier alpha value is -1.30. The summed E-state index contributed by atoms with van der Waals surface area (Å²) in [4.78, 5) is 14.0. The number of ether oxygens (including phenoxy) is 2. The third-order valence-electron chi connectivity index (χ3n) is 4.16. The summed E-state index contributed by atoms with van der Waals surface area (Å²) in [7, 11) is 0.